The van der Waals surface area contributed by atoms with E-state index in [1.165, 1.54) is 0 Å². The summed E-state index contributed by atoms with van der Waals surface area (Å²) in [6.45, 7) is 3.02. The Morgan fingerprint density at radius 3 is 2.80 bits per heavy atom. The SMILES string of the molecule is CN(CCO)C1CCN(c2nc3ccccc3[nH]2)CC1. The summed E-state index contributed by atoms with van der Waals surface area (Å²) in [6, 6.07) is 8.72. The van der Waals surface area contributed by atoms with E-state index in [1.54, 1.807) is 0 Å². The molecule has 3 rings (SSSR count). The zero-order valence-corrected chi connectivity index (χ0v) is 11.9. The number of hydrogen-bond donors (Lipinski definition) is 2. The molecule has 0 atom stereocenters. The highest BCUT2D eigenvalue weighted by atomic mass is 16.3. The fraction of sp³-hybridized carbons (Fsp3) is 0.533. The lowest BCUT2D eigenvalue weighted by molar-refractivity contribution is 0.161. The van der Waals surface area contributed by atoms with E-state index in [4.69, 9.17) is 5.11 Å². The van der Waals surface area contributed by atoms with Gasteiger partial charge >= 0.3 is 0 Å². The number of aliphatic hydroxyl groups is 1. The van der Waals surface area contributed by atoms with Crippen LogP contribution in [0.4, 0.5) is 5.95 Å². The van der Waals surface area contributed by atoms with Crippen LogP contribution in [0.25, 0.3) is 11.0 Å². The molecule has 2 N–H and O–H groups in total. The third-order valence-corrected chi connectivity index (χ3v) is 4.22. The minimum atomic E-state index is 0.236. The molecular weight excluding hydrogens is 252 g/mol. The van der Waals surface area contributed by atoms with Gasteiger partial charge in [-0.05, 0) is 32.0 Å². The molecule has 0 unspecified atom stereocenters. The number of fused-ring (bicyclic) bond motifs is 1. The Morgan fingerprint density at radius 1 is 1.35 bits per heavy atom. The van der Waals surface area contributed by atoms with Crippen molar-refractivity contribution >= 4 is 17.0 Å². The number of aromatic amines is 1. The number of anilines is 1. The number of nitrogens with one attached hydrogen (secondary N) is 1. The van der Waals surface area contributed by atoms with Crippen LogP contribution in [0.3, 0.4) is 0 Å². The molecule has 1 saturated heterocycles. The second-order valence-electron chi connectivity index (χ2n) is 5.50. The van der Waals surface area contributed by atoms with E-state index in [0.717, 1.165) is 49.5 Å². The average molecular weight is 274 g/mol. The summed E-state index contributed by atoms with van der Waals surface area (Å²) in [7, 11) is 2.09. The number of aliphatic hydroxyl groups excluding tert-OH is 1. The quantitative estimate of drug-likeness (QED) is 0.886. The first kappa shape index (κ1) is 13.4. The number of H-pyrrole nitrogens is 1. The topological polar surface area (TPSA) is 55.4 Å². The molecule has 1 aliphatic rings. The minimum absolute atomic E-state index is 0.236. The zero-order valence-electron chi connectivity index (χ0n) is 11.9. The van der Waals surface area contributed by atoms with E-state index < -0.39 is 0 Å². The van der Waals surface area contributed by atoms with Gasteiger partial charge in [-0.25, -0.2) is 4.98 Å². The first-order valence-corrected chi connectivity index (χ1v) is 7.28. The van der Waals surface area contributed by atoms with Gasteiger partial charge in [0.15, 0.2) is 0 Å². The summed E-state index contributed by atoms with van der Waals surface area (Å²) < 4.78 is 0. The highest BCUT2D eigenvalue weighted by molar-refractivity contribution is 5.77. The Labute approximate surface area is 119 Å². The molecule has 108 valence electrons. The number of imidazole rings is 1. The van der Waals surface area contributed by atoms with E-state index in [1.807, 2.05) is 18.2 Å². The number of rotatable bonds is 4. The smallest absolute Gasteiger partial charge is 0.203 e. The standard InChI is InChI=1S/C15H22N4O/c1-18(10-11-20)12-6-8-19(9-7-12)15-16-13-4-2-3-5-14(13)17-15/h2-5,12,20H,6-11H2,1H3,(H,16,17). The first-order valence-electron chi connectivity index (χ1n) is 7.28. The van der Waals surface area contributed by atoms with Crippen LogP contribution in [0.1, 0.15) is 12.8 Å². The molecule has 0 radical (unpaired) electrons. The summed E-state index contributed by atoms with van der Waals surface area (Å²) >= 11 is 0. The van der Waals surface area contributed by atoms with Gasteiger partial charge in [-0.1, -0.05) is 12.1 Å². The summed E-state index contributed by atoms with van der Waals surface area (Å²) in [6.07, 6.45) is 2.24. The zero-order chi connectivity index (χ0) is 13.9. The van der Waals surface area contributed by atoms with Gasteiger partial charge in [0.25, 0.3) is 0 Å². The summed E-state index contributed by atoms with van der Waals surface area (Å²) in [5, 5.41) is 9.01. The normalized spacial score (nSPS) is 17.2. The van der Waals surface area contributed by atoms with Crippen molar-refractivity contribution in [3.05, 3.63) is 24.3 Å². The largest absolute Gasteiger partial charge is 0.395 e. The van der Waals surface area contributed by atoms with Crippen LogP contribution in [-0.2, 0) is 0 Å². The van der Waals surface area contributed by atoms with Crippen LogP contribution in [0, 0.1) is 0 Å². The van der Waals surface area contributed by atoms with Crippen molar-refractivity contribution in [1.82, 2.24) is 14.9 Å². The number of piperidine rings is 1. The molecule has 2 heterocycles. The predicted octanol–water partition coefficient (Wildman–Crippen LogP) is 1.46. The number of para-hydroxylation sites is 2. The third kappa shape index (κ3) is 2.64. The number of hydrogen-bond acceptors (Lipinski definition) is 4. The van der Waals surface area contributed by atoms with E-state index in [2.05, 4.69) is 32.9 Å². The van der Waals surface area contributed by atoms with Crippen LogP contribution in [-0.4, -0.2) is 59.3 Å². The minimum Gasteiger partial charge on any atom is -0.395 e. The molecule has 5 nitrogen and oxygen atoms in total. The van der Waals surface area contributed by atoms with Gasteiger partial charge in [0.2, 0.25) is 5.95 Å². The van der Waals surface area contributed by atoms with E-state index in [9.17, 15) is 0 Å². The van der Waals surface area contributed by atoms with Gasteiger partial charge < -0.3 is 19.9 Å². The van der Waals surface area contributed by atoms with Crippen LogP contribution < -0.4 is 4.90 Å². The van der Waals surface area contributed by atoms with Gasteiger partial charge in [-0.3, -0.25) is 0 Å². The van der Waals surface area contributed by atoms with Gasteiger partial charge in [0, 0.05) is 25.7 Å². The third-order valence-electron chi connectivity index (χ3n) is 4.22. The molecular formula is C15H22N4O. The summed E-state index contributed by atoms with van der Waals surface area (Å²) in [5.74, 6) is 0.981. The van der Waals surface area contributed by atoms with Gasteiger partial charge in [-0.15, -0.1) is 0 Å². The highest BCUT2D eigenvalue weighted by Crippen LogP contribution is 2.22. The van der Waals surface area contributed by atoms with Crippen molar-refractivity contribution in [3.8, 4) is 0 Å². The van der Waals surface area contributed by atoms with Crippen molar-refractivity contribution in [3.63, 3.8) is 0 Å². The molecule has 1 fully saturated rings. The molecule has 1 aromatic carbocycles. The molecule has 2 aromatic rings. The number of aromatic nitrogens is 2. The summed E-state index contributed by atoms with van der Waals surface area (Å²) in [4.78, 5) is 12.6. The summed E-state index contributed by atoms with van der Waals surface area (Å²) in [5.41, 5.74) is 2.13. The average Bonchev–Trinajstić information content (AvgIpc) is 2.91. The Kier molecular flexibility index (Phi) is 3.89. The monoisotopic (exact) mass is 274 g/mol. The highest BCUT2D eigenvalue weighted by Gasteiger charge is 2.23. The molecule has 0 aliphatic carbocycles. The lowest BCUT2D eigenvalue weighted by Crippen LogP contribution is -2.44. The Hall–Kier alpha value is -1.59. The van der Waals surface area contributed by atoms with Crippen molar-refractivity contribution in [2.24, 2.45) is 0 Å². The van der Waals surface area contributed by atoms with Crippen LogP contribution in [0.15, 0.2) is 24.3 Å². The fourth-order valence-corrected chi connectivity index (χ4v) is 2.95. The van der Waals surface area contributed by atoms with Crippen LogP contribution >= 0.6 is 0 Å². The molecule has 1 aromatic heterocycles. The van der Waals surface area contributed by atoms with E-state index >= 15 is 0 Å². The molecule has 5 heteroatoms. The maximum atomic E-state index is 9.01. The number of likely N-dealkylation sites (N-methyl/N-ethyl adjacent to an activating group) is 1. The first-order chi connectivity index (χ1) is 9.78. The molecule has 0 amide bonds. The lowest BCUT2D eigenvalue weighted by atomic mass is 10.0. The van der Waals surface area contributed by atoms with Crippen LogP contribution in [0.2, 0.25) is 0 Å². The Balaban J connectivity index is 1.65. The number of benzene rings is 1. The Morgan fingerprint density at radius 2 is 2.10 bits per heavy atom. The lowest BCUT2D eigenvalue weighted by Gasteiger charge is -2.36. The molecule has 0 bridgehead atoms. The van der Waals surface area contributed by atoms with Crippen molar-refractivity contribution in [1.29, 1.82) is 0 Å². The van der Waals surface area contributed by atoms with E-state index in [-0.39, 0.29) is 6.61 Å². The fourth-order valence-electron chi connectivity index (χ4n) is 2.95. The second-order valence-corrected chi connectivity index (χ2v) is 5.50. The molecule has 0 saturated carbocycles. The van der Waals surface area contributed by atoms with Crippen LogP contribution in [0.5, 0.6) is 0 Å². The van der Waals surface area contributed by atoms with Crippen molar-refractivity contribution in [2.75, 3.05) is 38.2 Å². The van der Waals surface area contributed by atoms with Crippen molar-refractivity contribution < 1.29 is 5.11 Å². The maximum Gasteiger partial charge on any atom is 0.203 e. The molecule has 0 spiro atoms. The maximum absolute atomic E-state index is 9.01. The van der Waals surface area contributed by atoms with Gasteiger partial charge in [0.05, 0.1) is 17.6 Å². The second kappa shape index (κ2) is 5.81. The van der Waals surface area contributed by atoms with Gasteiger partial charge in [-0.2, -0.15) is 0 Å². The molecule has 1 aliphatic heterocycles. The van der Waals surface area contributed by atoms with Gasteiger partial charge in [0.1, 0.15) is 0 Å². The number of nitrogens with zero attached hydrogens (tertiary/aromatic N) is 3. The predicted molar refractivity (Wildman–Crippen MR) is 81.0 cm³/mol. The molecule has 20 heavy (non-hydrogen) atoms. The van der Waals surface area contributed by atoms with Crippen molar-refractivity contribution in [2.45, 2.75) is 18.9 Å². The Bertz CT molecular complexity index is 527. The van der Waals surface area contributed by atoms with E-state index in [0.29, 0.717) is 6.04 Å².